The maximum Gasteiger partial charge on any atom is 0.238 e. The van der Waals surface area contributed by atoms with Crippen LogP contribution in [0, 0.1) is 40.4 Å². The molecular weight excluding hydrogens is 761 g/mol. The van der Waals surface area contributed by atoms with Crippen molar-refractivity contribution in [3.05, 3.63) is 0 Å². The summed E-state index contributed by atoms with van der Waals surface area (Å²) in [5, 5.41) is 21.3. The van der Waals surface area contributed by atoms with E-state index in [9.17, 15) is 10.1 Å². The van der Waals surface area contributed by atoms with Gasteiger partial charge >= 0.3 is 0 Å². The molecule has 330 valence electrons. The van der Waals surface area contributed by atoms with Crippen molar-refractivity contribution in [2.24, 2.45) is 34.1 Å². The van der Waals surface area contributed by atoms with Crippen molar-refractivity contribution >= 4 is 23.4 Å². The number of amides is 1. The molecule has 6 aliphatic heterocycles. The first-order chi connectivity index (χ1) is 28.6. The molecule has 1 spiro atoms. The van der Waals surface area contributed by atoms with Crippen LogP contribution in [0.4, 0.5) is 0 Å². The van der Waals surface area contributed by atoms with E-state index in [2.05, 4.69) is 87.0 Å². The molecule has 14 heteroatoms. The van der Waals surface area contributed by atoms with Crippen LogP contribution in [-0.2, 0) is 14.3 Å². The number of likely N-dealkylation sites (tertiary alicyclic amines) is 2. The summed E-state index contributed by atoms with van der Waals surface area (Å²) in [7, 11) is 1.70. The number of carbonyl (C=O) groups excluding carboxylic acids is 1. The molecule has 5 saturated heterocycles. The smallest absolute Gasteiger partial charge is 0.238 e. The summed E-state index contributed by atoms with van der Waals surface area (Å²) in [5.74, 6) is 1.96. The first-order valence-electron chi connectivity index (χ1n) is 24.0. The van der Waals surface area contributed by atoms with E-state index in [1.807, 2.05) is 0 Å². The minimum atomic E-state index is -0.185. The number of aliphatic imine (C=N–C) groups is 1. The molecule has 13 nitrogen and oxygen atoms in total. The normalized spacial score (nSPS) is 45.9. The molecule has 0 bridgehead atoms. The van der Waals surface area contributed by atoms with Gasteiger partial charge in [0, 0.05) is 68.7 Å². The molecule has 9 aliphatic rings. The largest absolute Gasteiger partial charge is 0.380 e. The van der Waals surface area contributed by atoms with Crippen molar-refractivity contribution < 1.29 is 14.3 Å². The molecule has 0 aromatic heterocycles. The summed E-state index contributed by atoms with van der Waals surface area (Å²) in [4.78, 5) is 27.2. The molecule has 0 aromatic carbocycles. The van der Waals surface area contributed by atoms with Crippen LogP contribution in [0.1, 0.15) is 118 Å². The van der Waals surface area contributed by atoms with Gasteiger partial charge in [-0.3, -0.25) is 24.9 Å². The Kier molecular flexibility index (Phi) is 13.4. The van der Waals surface area contributed by atoms with Crippen LogP contribution < -0.4 is 26.8 Å². The SMILES string of the molecule is COC1CC(OC2CCC(NC(=O)C3CNC(N4CCC5(CCN(C6CCC(C7=N[C@@H](C)C8NNC(C)N8C8SC(C)C(C)C78)CC6)CC5)C4)CN3)CC2)CCC1C#N. The zero-order valence-corrected chi connectivity index (χ0v) is 37.6. The summed E-state index contributed by atoms with van der Waals surface area (Å²) >= 11 is 2.19. The summed E-state index contributed by atoms with van der Waals surface area (Å²) in [6.45, 7) is 15.9. The van der Waals surface area contributed by atoms with Gasteiger partial charge in [-0.1, -0.05) is 13.8 Å². The predicted octanol–water partition coefficient (Wildman–Crippen LogP) is 4.01. The highest BCUT2D eigenvalue weighted by Crippen LogP contribution is 2.51. The molecule has 0 radical (unpaired) electrons. The highest BCUT2D eigenvalue weighted by atomic mass is 32.2. The Hall–Kier alpha value is -1.38. The number of ether oxygens (including phenoxy) is 2. The first kappa shape index (κ1) is 42.9. The van der Waals surface area contributed by atoms with E-state index in [4.69, 9.17) is 14.5 Å². The molecular formula is C45H76N10O3S. The lowest BCUT2D eigenvalue weighted by molar-refractivity contribution is -0.125. The van der Waals surface area contributed by atoms with E-state index >= 15 is 0 Å². The number of thioether (sulfide) groups is 1. The third-order valence-corrected chi connectivity index (χ3v) is 18.7. The van der Waals surface area contributed by atoms with Crippen molar-refractivity contribution in [2.75, 3.05) is 46.4 Å². The summed E-state index contributed by atoms with van der Waals surface area (Å²) in [5.41, 5.74) is 9.12. The summed E-state index contributed by atoms with van der Waals surface area (Å²) in [6.07, 6.45) is 16.9. The van der Waals surface area contributed by atoms with Crippen LogP contribution in [0.3, 0.4) is 0 Å². The molecule has 9 rings (SSSR count). The van der Waals surface area contributed by atoms with Gasteiger partial charge in [-0.05, 0) is 128 Å². The lowest BCUT2D eigenvalue weighted by Crippen LogP contribution is -2.64. The van der Waals surface area contributed by atoms with Crippen LogP contribution in [0.25, 0.3) is 0 Å². The summed E-state index contributed by atoms with van der Waals surface area (Å²) < 4.78 is 12.1. The predicted molar refractivity (Wildman–Crippen MR) is 233 cm³/mol. The number of hydrogen-bond donors (Lipinski definition) is 5. The highest BCUT2D eigenvalue weighted by molar-refractivity contribution is 8.00. The number of hydrogen-bond acceptors (Lipinski definition) is 13. The van der Waals surface area contributed by atoms with Crippen LogP contribution >= 0.6 is 11.8 Å². The number of methoxy groups -OCH3 is 1. The Morgan fingerprint density at radius 2 is 1.63 bits per heavy atom. The second-order valence-corrected chi connectivity index (χ2v) is 22.0. The van der Waals surface area contributed by atoms with Crippen molar-refractivity contribution in [1.29, 1.82) is 5.26 Å². The molecule has 11 unspecified atom stereocenters. The second kappa shape index (κ2) is 18.4. The third kappa shape index (κ3) is 8.92. The minimum Gasteiger partial charge on any atom is -0.380 e. The molecule has 59 heavy (non-hydrogen) atoms. The van der Waals surface area contributed by atoms with Crippen LogP contribution in [-0.4, -0.2) is 144 Å². The Morgan fingerprint density at radius 1 is 0.898 bits per heavy atom. The number of nitrogens with one attached hydrogen (secondary N) is 5. The van der Waals surface area contributed by atoms with Crippen LogP contribution in [0.15, 0.2) is 4.99 Å². The fourth-order valence-electron chi connectivity index (χ4n) is 13.1. The topological polar surface area (TPSA) is 142 Å². The Labute approximate surface area is 359 Å². The zero-order valence-electron chi connectivity index (χ0n) is 36.7. The van der Waals surface area contributed by atoms with Crippen LogP contribution in [0.5, 0.6) is 0 Å². The fourth-order valence-corrected chi connectivity index (χ4v) is 15.0. The van der Waals surface area contributed by atoms with Gasteiger partial charge < -0.3 is 25.0 Å². The van der Waals surface area contributed by atoms with Gasteiger partial charge in [-0.2, -0.15) is 5.26 Å². The van der Waals surface area contributed by atoms with Crippen LogP contribution in [0.2, 0.25) is 0 Å². The molecule has 6 heterocycles. The van der Waals surface area contributed by atoms with Gasteiger partial charge in [0.05, 0.1) is 66.3 Å². The van der Waals surface area contributed by atoms with Crippen molar-refractivity contribution in [3.63, 3.8) is 0 Å². The average Bonchev–Trinajstić information content (AvgIpc) is 3.92. The number of fused-ring (bicyclic) bond motifs is 3. The maximum absolute atomic E-state index is 13.3. The van der Waals surface area contributed by atoms with Gasteiger partial charge in [0.1, 0.15) is 0 Å². The Bertz CT molecular complexity index is 1520. The van der Waals surface area contributed by atoms with Gasteiger partial charge in [0.25, 0.3) is 0 Å². The number of piperazine rings is 1. The zero-order chi connectivity index (χ0) is 40.8. The van der Waals surface area contributed by atoms with E-state index < -0.39 is 0 Å². The monoisotopic (exact) mass is 837 g/mol. The number of carbonyl (C=O) groups is 1. The average molecular weight is 837 g/mol. The molecule has 3 saturated carbocycles. The van der Waals surface area contributed by atoms with Gasteiger partial charge in [0.15, 0.2) is 0 Å². The number of piperidine rings is 1. The van der Waals surface area contributed by atoms with Gasteiger partial charge in [0.2, 0.25) is 5.91 Å². The Morgan fingerprint density at radius 3 is 2.32 bits per heavy atom. The van der Waals surface area contributed by atoms with E-state index in [0.717, 1.165) is 64.1 Å². The molecule has 5 N–H and O–H groups in total. The van der Waals surface area contributed by atoms with Crippen molar-refractivity contribution in [1.82, 2.24) is 41.5 Å². The van der Waals surface area contributed by atoms with E-state index in [1.54, 1.807) is 12.8 Å². The minimum absolute atomic E-state index is 0.0233. The lowest BCUT2D eigenvalue weighted by Gasteiger charge is -2.45. The Balaban J connectivity index is 0.685. The molecule has 12 atom stereocenters. The van der Waals surface area contributed by atoms with E-state index in [0.29, 0.717) is 52.7 Å². The standard InChI is InChI=1S/C45H76N10O3S/c1-27-29(3)59-44-40(27)41(49-28(2)42-52-51-30(4)55(42)44)31-6-11-34(12-7-31)53-19-16-45(17-20-53)18-21-54(26-45)39-25-47-37(24-48-39)43(56)50-33-9-14-35(15-10-33)58-36-13-8-32(23-46)38(22-36)57-5/h27-40,42,44,47-48,51-52H,6-22,24-26H2,1-5H3,(H,50,56)/t27?,28-,29?,30?,31?,32?,33?,34?,35?,36?,37?,38?,39?,40?,42?,44?/m0/s1. The van der Waals surface area contributed by atoms with E-state index in [-0.39, 0.29) is 54.4 Å². The van der Waals surface area contributed by atoms with Gasteiger partial charge in [-0.25, -0.2) is 10.9 Å². The summed E-state index contributed by atoms with van der Waals surface area (Å²) in [6, 6.07) is 3.42. The number of hydrazine groups is 1. The van der Waals surface area contributed by atoms with Crippen molar-refractivity contribution in [3.8, 4) is 6.07 Å². The molecule has 0 aromatic rings. The molecule has 1 amide bonds. The second-order valence-electron chi connectivity index (χ2n) is 20.5. The fraction of sp³-hybridized carbons (Fsp3) is 0.933. The lowest BCUT2D eigenvalue weighted by atomic mass is 9.73. The van der Waals surface area contributed by atoms with Gasteiger partial charge in [-0.15, -0.1) is 11.8 Å². The number of nitrogens with zero attached hydrogens (tertiary/aromatic N) is 5. The molecule has 3 aliphatic carbocycles. The molecule has 8 fully saturated rings. The third-order valence-electron chi connectivity index (χ3n) is 17.1. The quantitative estimate of drug-likeness (QED) is 0.242. The first-order valence-corrected chi connectivity index (χ1v) is 24.9. The highest BCUT2D eigenvalue weighted by Gasteiger charge is 2.54. The van der Waals surface area contributed by atoms with E-state index in [1.165, 1.54) is 64.6 Å². The number of nitriles is 1. The maximum atomic E-state index is 13.3. The van der Waals surface area contributed by atoms with Crippen molar-refractivity contribution in [2.45, 2.75) is 189 Å². The number of rotatable bonds is 8.